The largest absolute Gasteiger partial charge is 0.502 e. The van der Waals surface area contributed by atoms with Crippen LogP contribution < -0.4 is 10.9 Å². The zero-order valence-corrected chi connectivity index (χ0v) is 21.7. The van der Waals surface area contributed by atoms with Gasteiger partial charge in [-0.05, 0) is 48.6 Å². The van der Waals surface area contributed by atoms with E-state index in [-0.39, 0.29) is 12.4 Å². The van der Waals surface area contributed by atoms with E-state index in [4.69, 9.17) is 11.6 Å². The number of fused-ring (bicyclic) bond motifs is 2. The first-order valence-electron chi connectivity index (χ1n) is 11.8. The van der Waals surface area contributed by atoms with Gasteiger partial charge in [0.05, 0.1) is 11.6 Å². The van der Waals surface area contributed by atoms with Crippen molar-refractivity contribution in [2.45, 2.75) is 43.2 Å². The predicted molar refractivity (Wildman–Crippen MR) is 137 cm³/mol. The summed E-state index contributed by atoms with van der Waals surface area (Å²) in [4.78, 5) is 28.2. The minimum atomic E-state index is -4.48. The number of rotatable bonds is 3. The summed E-state index contributed by atoms with van der Waals surface area (Å²) in [5.74, 6) is -2.69. The summed E-state index contributed by atoms with van der Waals surface area (Å²) in [5.41, 5.74) is 4.90. The molecule has 2 aliphatic heterocycles. The number of hydrogen-bond acceptors (Lipinski definition) is 5. The molecule has 0 saturated carbocycles. The lowest BCUT2D eigenvalue weighted by atomic mass is 9.69. The monoisotopic (exact) mass is 551 g/mol. The van der Waals surface area contributed by atoms with Crippen molar-refractivity contribution >= 4 is 29.3 Å². The van der Waals surface area contributed by atoms with Crippen LogP contribution in [0.25, 0.3) is 0 Å². The maximum Gasteiger partial charge on any atom is 0.393 e. The molecule has 2 atom stereocenters. The number of nitrogens with one attached hydrogen (secondary N) is 1. The van der Waals surface area contributed by atoms with Crippen molar-refractivity contribution in [1.29, 1.82) is 0 Å². The Kier molecular flexibility index (Phi) is 6.39. The summed E-state index contributed by atoms with van der Waals surface area (Å²) >= 11 is 7.90. The fourth-order valence-corrected chi connectivity index (χ4v) is 6.55. The molecule has 3 heterocycles. The van der Waals surface area contributed by atoms with E-state index in [1.807, 2.05) is 31.2 Å². The predicted octanol–water partition coefficient (Wildman–Crippen LogP) is 5.23. The summed E-state index contributed by atoms with van der Waals surface area (Å²) < 4.78 is 40.9. The summed E-state index contributed by atoms with van der Waals surface area (Å²) in [7, 11) is 0. The summed E-state index contributed by atoms with van der Waals surface area (Å²) in [5, 5.41) is 11.2. The van der Waals surface area contributed by atoms with Crippen molar-refractivity contribution in [3.63, 3.8) is 0 Å². The van der Waals surface area contributed by atoms with Gasteiger partial charge in [0.2, 0.25) is 5.43 Å². The maximum atomic E-state index is 13.3. The number of amides is 1. The molecule has 0 saturated heterocycles. The molecule has 37 heavy (non-hydrogen) atoms. The van der Waals surface area contributed by atoms with Crippen LogP contribution in [0.2, 0.25) is 5.02 Å². The van der Waals surface area contributed by atoms with Gasteiger partial charge in [-0.2, -0.15) is 13.2 Å². The molecule has 2 N–H and O–H groups in total. The molecular formula is C26H25ClF3N3O3S. The minimum Gasteiger partial charge on any atom is -0.502 e. The van der Waals surface area contributed by atoms with Gasteiger partial charge in [-0.25, -0.2) is 0 Å². The van der Waals surface area contributed by atoms with Crippen molar-refractivity contribution in [3.8, 4) is 5.75 Å². The molecule has 1 aromatic heterocycles. The van der Waals surface area contributed by atoms with Gasteiger partial charge in [0.15, 0.2) is 11.4 Å². The van der Waals surface area contributed by atoms with E-state index >= 15 is 0 Å². The number of alkyl halides is 3. The van der Waals surface area contributed by atoms with E-state index in [0.29, 0.717) is 29.3 Å². The number of halogens is 4. The Labute approximate surface area is 220 Å². The Morgan fingerprint density at radius 1 is 1.27 bits per heavy atom. The fraction of sp³-hybridized carbons (Fsp3) is 0.385. The molecule has 11 heteroatoms. The van der Waals surface area contributed by atoms with Crippen LogP contribution in [0, 0.1) is 5.92 Å². The van der Waals surface area contributed by atoms with Crippen LogP contribution >= 0.6 is 23.4 Å². The van der Waals surface area contributed by atoms with Crippen LogP contribution in [0.15, 0.2) is 57.3 Å². The Hall–Kier alpha value is -2.85. The smallest absolute Gasteiger partial charge is 0.393 e. The van der Waals surface area contributed by atoms with Crippen LogP contribution in [-0.2, 0) is 11.8 Å². The summed E-state index contributed by atoms with van der Waals surface area (Å²) in [6.45, 7) is 2.18. The first-order valence-corrected chi connectivity index (χ1v) is 13.2. The number of allylic oxidation sites excluding steroid dienone is 3. The number of aromatic hydroxyl groups is 1. The Bertz CT molecular complexity index is 1420. The standard InChI is InChI=1S/C26H25ClF3N3O3S/c1-14(26(28,29)30)11-32-13-31-33-21(10-19(34)23(35)22(33)24(32)36)25(2)7-3-4-16-12-37-20-9-17(27)6-5-15(20)8-18(16)25/h3-6,9-10,14,31,35H,7-8,11-13H2,1-2H3/t14-,25?/m0/s1. The van der Waals surface area contributed by atoms with Crippen LogP contribution in [0.3, 0.4) is 0 Å². The zero-order chi connectivity index (χ0) is 26.7. The number of aromatic nitrogens is 1. The van der Waals surface area contributed by atoms with E-state index < -0.39 is 41.1 Å². The van der Waals surface area contributed by atoms with E-state index in [9.17, 15) is 27.9 Å². The molecule has 0 bridgehead atoms. The van der Waals surface area contributed by atoms with Crippen molar-refractivity contribution in [2.75, 3.05) is 24.4 Å². The Morgan fingerprint density at radius 2 is 2.03 bits per heavy atom. The van der Waals surface area contributed by atoms with Gasteiger partial charge in [-0.15, -0.1) is 11.8 Å². The molecule has 1 amide bonds. The van der Waals surface area contributed by atoms with Crippen LogP contribution in [-0.4, -0.2) is 45.7 Å². The van der Waals surface area contributed by atoms with Gasteiger partial charge in [0.25, 0.3) is 5.91 Å². The number of pyridine rings is 1. The highest BCUT2D eigenvalue weighted by Crippen LogP contribution is 2.46. The zero-order valence-electron chi connectivity index (χ0n) is 20.2. The number of carbonyl (C=O) groups excluding carboxylic acids is 1. The highest BCUT2D eigenvalue weighted by atomic mass is 35.5. The normalized spacial score (nSPS) is 22.1. The Morgan fingerprint density at radius 3 is 2.76 bits per heavy atom. The molecule has 0 radical (unpaired) electrons. The highest BCUT2D eigenvalue weighted by molar-refractivity contribution is 7.99. The van der Waals surface area contributed by atoms with Gasteiger partial charge in [-0.3, -0.25) is 14.3 Å². The average molecular weight is 552 g/mol. The first-order chi connectivity index (χ1) is 17.4. The molecule has 1 aromatic carbocycles. The van der Waals surface area contributed by atoms with E-state index in [1.165, 1.54) is 10.7 Å². The van der Waals surface area contributed by atoms with Gasteiger partial charge < -0.3 is 15.4 Å². The van der Waals surface area contributed by atoms with Crippen molar-refractivity contribution in [1.82, 2.24) is 9.58 Å². The second-order valence-electron chi connectivity index (χ2n) is 9.87. The SMILES string of the molecule is C[C@@H](CN1CNn2c(C3(C)CC=CC4=C3Cc3ccc(Cl)cc3SC4)cc(=O)c(O)c2C1=O)C(F)(F)F. The highest BCUT2D eigenvalue weighted by Gasteiger charge is 2.43. The number of benzene rings is 1. The van der Waals surface area contributed by atoms with Crippen molar-refractivity contribution in [2.24, 2.45) is 5.92 Å². The minimum absolute atomic E-state index is 0.198. The van der Waals surface area contributed by atoms with Crippen molar-refractivity contribution in [3.05, 3.63) is 79.8 Å². The topological polar surface area (TPSA) is 74.6 Å². The fourth-order valence-electron chi connectivity index (χ4n) is 5.20. The second-order valence-corrected chi connectivity index (χ2v) is 11.3. The molecular weight excluding hydrogens is 527 g/mol. The molecule has 5 rings (SSSR count). The number of hydrogen-bond donors (Lipinski definition) is 2. The van der Waals surface area contributed by atoms with Gasteiger partial charge in [0.1, 0.15) is 6.67 Å². The number of carbonyl (C=O) groups is 1. The van der Waals surface area contributed by atoms with Gasteiger partial charge in [-0.1, -0.05) is 36.7 Å². The van der Waals surface area contributed by atoms with E-state index in [2.05, 4.69) is 11.5 Å². The second kappa shape index (κ2) is 9.16. The molecule has 196 valence electrons. The molecule has 0 fully saturated rings. The third-order valence-corrected chi connectivity index (χ3v) is 8.78. The van der Waals surface area contributed by atoms with Crippen LogP contribution in [0.4, 0.5) is 13.2 Å². The molecule has 6 nitrogen and oxygen atoms in total. The van der Waals surface area contributed by atoms with Crippen molar-refractivity contribution < 1.29 is 23.1 Å². The third-order valence-electron chi connectivity index (χ3n) is 7.40. The maximum absolute atomic E-state index is 13.3. The van der Waals surface area contributed by atoms with Gasteiger partial charge in [0, 0.05) is 33.7 Å². The third kappa shape index (κ3) is 4.44. The van der Waals surface area contributed by atoms with Crippen LogP contribution in [0.1, 0.15) is 42.0 Å². The molecule has 2 aromatic rings. The molecule has 0 spiro atoms. The number of thioether (sulfide) groups is 1. The first kappa shape index (κ1) is 25.8. The average Bonchev–Trinajstić information content (AvgIpc) is 3.02. The lowest BCUT2D eigenvalue weighted by molar-refractivity contribution is -0.172. The summed E-state index contributed by atoms with van der Waals surface area (Å²) in [6.07, 6.45) is 0.752. The Balaban J connectivity index is 1.59. The lowest BCUT2D eigenvalue weighted by Gasteiger charge is -2.41. The van der Waals surface area contributed by atoms with Crippen LogP contribution in [0.5, 0.6) is 5.75 Å². The lowest BCUT2D eigenvalue weighted by Crippen LogP contribution is -2.51. The molecule has 1 unspecified atom stereocenters. The number of nitrogens with zero attached hydrogens (tertiary/aromatic N) is 2. The molecule has 1 aliphatic carbocycles. The quantitative estimate of drug-likeness (QED) is 0.547. The van der Waals surface area contributed by atoms with Gasteiger partial charge >= 0.3 is 6.18 Å². The summed E-state index contributed by atoms with van der Waals surface area (Å²) in [6, 6.07) is 7.08. The van der Waals surface area contributed by atoms with E-state index in [0.717, 1.165) is 33.4 Å². The molecule has 3 aliphatic rings. The van der Waals surface area contributed by atoms with E-state index in [1.54, 1.807) is 11.8 Å².